The minimum Gasteiger partial charge on any atom is -0.507 e. The van der Waals surface area contributed by atoms with E-state index in [-0.39, 0.29) is 33.4 Å². The number of nitrogens with one attached hydrogen (secondary N) is 6. The summed E-state index contributed by atoms with van der Waals surface area (Å²) < 4.78 is 7.96. The fourth-order valence-electron chi connectivity index (χ4n) is 7.70. The first kappa shape index (κ1) is 52.0. The Morgan fingerprint density at radius 3 is 1.16 bits per heavy atom. The molecule has 0 unspecified atom stereocenters. The number of rotatable bonds is 10. The second kappa shape index (κ2) is 22.6. The molecule has 6 aromatic carbocycles. The van der Waals surface area contributed by atoms with Crippen LogP contribution in [0.2, 0.25) is 0 Å². The van der Waals surface area contributed by atoms with Crippen LogP contribution in [-0.2, 0) is 38.3 Å². The Morgan fingerprint density at radius 2 is 0.770 bits per heavy atom. The number of hydrazine groups is 3. The van der Waals surface area contributed by atoms with Gasteiger partial charge in [-0.1, -0.05) is 78.9 Å². The van der Waals surface area contributed by atoms with Crippen LogP contribution >= 0.6 is 67.8 Å². The van der Waals surface area contributed by atoms with E-state index in [1.807, 2.05) is 36.4 Å². The predicted octanol–water partition coefficient (Wildman–Crippen LogP) is 5.88. The molecule has 6 aromatic rings. The van der Waals surface area contributed by atoms with E-state index >= 15 is 0 Å². The number of aromatic hydroxyl groups is 1. The molecular weight excluding hydrogens is 1290 g/mol. The van der Waals surface area contributed by atoms with Crippen LogP contribution in [0.3, 0.4) is 0 Å². The van der Waals surface area contributed by atoms with Crippen molar-refractivity contribution in [2.75, 3.05) is 0 Å². The van der Waals surface area contributed by atoms with Crippen molar-refractivity contribution in [3.8, 4) is 5.75 Å². The summed E-state index contributed by atoms with van der Waals surface area (Å²) in [7, 11) is 0. The molecule has 3 saturated heterocycles. The van der Waals surface area contributed by atoms with E-state index in [1.54, 1.807) is 72.8 Å². The van der Waals surface area contributed by atoms with Gasteiger partial charge in [0.1, 0.15) is 28.0 Å². The molecule has 0 aliphatic carbocycles. The molecule has 0 atom stereocenters. The third-order valence-electron chi connectivity index (χ3n) is 11.1. The number of carbonyl (C=O) groups is 9. The largest absolute Gasteiger partial charge is 0.507 e. The first-order chi connectivity index (χ1) is 35.5. The van der Waals surface area contributed by atoms with Crippen LogP contribution in [0.4, 0.5) is 0 Å². The van der Waals surface area contributed by atoms with Crippen molar-refractivity contribution in [3.63, 3.8) is 0 Å². The van der Waals surface area contributed by atoms with Gasteiger partial charge in [-0.25, -0.2) is 14.4 Å². The Morgan fingerprint density at radius 1 is 0.432 bits per heavy atom. The highest BCUT2D eigenvalue weighted by molar-refractivity contribution is 14.1. The first-order valence-corrected chi connectivity index (χ1v) is 24.8. The smallest absolute Gasteiger partial charge is 0.346 e. The molecule has 9 rings (SSSR count). The monoisotopic (exact) mass is 1330 g/mol. The van der Waals surface area contributed by atoms with E-state index in [1.165, 1.54) is 36.4 Å². The summed E-state index contributed by atoms with van der Waals surface area (Å²) in [4.78, 5) is 111. The van der Waals surface area contributed by atoms with Gasteiger partial charge in [0, 0.05) is 33.5 Å². The van der Waals surface area contributed by atoms with Crippen molar-refractivity contribution in [1.82, 2.24) is 32.6 Å². The highest BCUT2D eigenvalue weighted by atomic mass is 127. The number of amides is 6. The minimum atomic E-state index is -1.31. The molecule has 74 heavy (non-hydrogen) atoms. The number of aromatic carboxylic acids is 1. The Balaban J connectivity index is 0.000000244. The maximum absolute atomic E-state index is 13.0. The van der Waals surface area contributed by atoms with Crippen molar-refractivity contribution < 1.29 is 58.1 Å². The number of esters is 2. The summed E-state index contributed by atoms with van der Waals surface area (Å²) in [6.07, 6.45) is 2.55. The molecule has 8 N–H and O–H groups in total. The lowest BCUT2D eigenvalue weighted by Gasteiger charge is -2.12. The zero-order chi connectivity index (χ0) is 52.8. The van der Waals surface area contributed by atoms with Gasteiger partial charge in [0.2, 0.25) is 0 Å². The SMILES string of the molecule is O=C(/C=C/c1ccc(C(=C2C(=O)NNC2=O)c2ccc(I)cc2)cc1)OC(=O)c1cccc(C(=C2C(=O)NNC2=O)c2ccc(I)cc2)c1.O=C1NNC(=O)C1=C(c1ccc(I)cc1)c1ccc(O)c(C(=O)O)c1. The van der Waals surface area contributed by atoms with Crippen LogP contribution in [0.25, 0.3) is 22.8 Å². The van der Waals surface area contributed by atoms with Gasteiger partial charge >= 0.3 is 17.9 Å². The Kier molecular flexibility index (Phi) is 15.9. The van der Waals surface area contributed by atoms with Crippen molar-refractivity contribution in [3.05, 3.63) is 223 Å². The number of phenols is 1. The number of carbonyl (C=O) groups excluding carboxylic acids is 8. The third-order valence-corrected chi connectivity index (χ3v) is 13.2. The van der Waals surface area contributed by atoms with Crippen LogP contribution < -0.4 is 32.6 Å². The average molecular weight is 1330 g/mol. The molecule has 368 valence electrons. The second-order valence-electron chi connectivity index (χ2n) is 15.8. The Labute approximate surface area is 459 Å². The average Bonchev–Trinajstić information content (AvgIpc) is 4.03. The maximum atomic E-state index is 13.0. The number of halogens is 3. The van der Waals surface area contributed by atoms with Crippen molar-refractivity contribution in [2.24, 2.45) is 0 Å². The number of ether oxygens (including phenoxy) is 1. The van der Waals surface area contributed by atoms with Crippen LogP contribution in [0, 0.1) is 10.7 Å². The molecule has 18 nitrogen and oxygen atoms in total. The van der Waals surface area contributed by atoms with Crippen molar-refractivity contribution in [2.45, 2.75) is 0 Å². The molecular formula is C53H33I3N6O12. The number of hydrogen-bond acceptors (Lipinski definition) is 11. The fourth-order valence-corrected chi connectivity index (χ4v) is 8.77. The van der Waals surface area contributed by atoms with E-state index in [4.69, 9.17) is 4.74 Å². The van der Waals surface area contributed by atoms with Crippen LogP contribution in [-0.4, -0.2) is 63.6 Å². The van der Waals surface area contributed by atoms with E-state index in [0.717, 1.165) is 16.8 Å². The lowest BCUT2D eigenvalue weighted by Crippen LogP contribution is -2.28. The van der Waals surface area contributed by atoms with Gasteiger partial charge in [-0.3, -0.25) is 61.3 Å². The summed E-state index contributed by atoms with van der Waals surface area (Å²) >= 11 is 6.43. The lowest BCUT2D eigenvalue weighted by molar-refractivity contribution is -0.132. The fraction of sp³-hybridized carbons (Fsp3) is 0. The molecule has 0 saturated carbocycles. The van der Waals surface area contributed by atoms with Gasteiger partial charge in [-0.15, -0.1) is 0 Å². The molecule has 3 aliphatic heterocycles. The van der Waals surface area contributed by atoms with Crippen molar-refractivity contribution in [1.29, 1.82) is 0 Å². The third kappa shape index (κ3) is 11.6. The summed E-state index contributed by atoms with van der Waals surface area (Å²) in [6.45, 7) is 0. The highest BCUT2D eigenvalue weighted by Gasteiger charge is 2.33. The Hall–Kier alpha value is -8.30. The van der Waals surface area contributed by atoms with Gasteiger partial charge in [0.15, 0.2) is 0 Å². The van der Waals surface area contributed by atoms with Gasteiger partial charge in [-0.2, -0.15) is 0 Å². The molecule has 3 heterocycles. The number of benzene rings is 6. The molecule has 3 fully saturated rings. The number of hydrogen-bond donors (Lipinski definition) is 8. The van der Waals surface area contributed by atoms with Crippen LogP contribution in [0.5, 0.6) is 5.75 Å². The molecule has 0 bridgehead atoms. The van der Waals surface area contributed by atoms with Gasteiger partial charge in [-0.05, 0) is 173 Å². The van der Waals surface area contributed by atoms with E-state index in [2.05, 4.69) is 100 Å². The summed E-state index contributed by atoms with van der Waals surface area (Å²) in [6, 6.07) is 38.5. The highest BCUT2D eigenvalue weighted by Crippen LogP contribution is 2.34. The molecule has 3 aliphatic rings. The molecule has 0 spiro atoms. The van der Waals surface area contributed by atoms with Gasteiger partial charge < -0.3 is 14.9 Å². The molecule has 0 aromatic heterocycles. The molecule has 21 heteroatoms. The molecule has 0 radical (unpaired) electrons. The van der Waals surface area contributed by atoms with E-state index in [0.29, 0.717) is 50.1 Å². The second-order valence-corrected chi connectivity index (χ2v) is 19.5. The Bertz CT molecular complexity index is 3460. The normalized spacial score (nSPS) is 13.7. The topological polar surface area (TPSA) is 276 Å². The first-order valence-electron chi connectivity index (χ1n) is 21.5. The van der Waals surface area contributed by atoms with Gasteiger partial charge in [0.25, 0.3) is 35.4 Å². The summed E-state index contributed by atoms with van der Waals surface area (Å²) in [5.74, 6) is -7.10. The molecule has 6 amide bonds. The predicted molar refractivity (Wildman–Crippen MR) is 292 cm³/mol. The number of carboxylic acids is 1. The van der Waals surface area contributed by atoms with Crippen LogP contribution in [0.1, 0.15) is 59.7 Å². The maximum Gasteiger partial charge on any atom is 0.346 e. The standard InChI is InChI=1S/C36H22I2N4O7.C17H11IN2O5/c37-25-13-9-21(10-14-25)28(30-32(44)39-40-33(30)45)20-7-4-19(5-8-20)6-17-27(43)49-36(48)24-3-1-2-23(18-24)29(22-11-15-26(38)16-12-22)31-34(46)41-42-35(31)47;18-10-4-1-8(2-5-10)13(14-15(22)19-20-16(14)23)9-3-6-12(21)11(7-9)17(24)25/h1-18H,(H,39,44)(H,40,45)(H,41,46)(H,42,47);1-7,21H,(H,19,22)(H,20,23)(H,24,25)/b17-6+;. The van der Waals surface area contributed by atoms with Crippen LogP contribution in [0.15, 0.2) is 162 Å². The minimum absolute atomic E-state index is 0.0210. The van der Waals surface area contributed by atoms with Gasteiger partial charge in [0.05, 0.1) is 5.56 Å². The zero-order valence-corrected chi connectivity index (χ0v) is 44.0. The van der Waals surface area contributed by atoms with E-state index in [9.17, 15) is 53.4 Å². The van der Waals surface area contributed by atoms with Crippen molar-refractivity contribution >= 4 is 144 Å². The lowest BCUT2D eigenvalue weighted by atomic mass is 9.91. The summed E-state index contributed by atoms with van der Waals surface area (Å²) in [5.41, 5.74) is 18.0. The zero-order valence-electron chi connectivity index (χ0n) is 37.5. The summed E-state index contributed by atoms with van der Waals surface area (Å²) in [5, 5.41) is 18.9. The quantitative estimate of drug-likeness (QED) is 0.0263. The van der Waals surface area contributed by atoms with E-state index < -0.39 is 59.1 Å². The number of carboxylic acid groups (broad SMARTS) is 1.